The van der Waals surface area contributed by atoms with Gasteiger partial charge in [0.2, 0.25) is 5.88 Å². The number of nitrogens with one attached hydrogen (secondary N) is 1. The van der Waals surface area contributed by atoms with Gasteiger partial charge in [0.1, 0.15) is 0 Å². The number of H-pyrrole nitrogens is 1. The topological polar surface area (TPSA) is 83.5 Å². The van der Waals surface area contributed by atoms with Gasteiger partial charge >= 0.3 is 0 Å². The van der Waals surface area contributed by atoms with E-state index in [0.717, 1.165) is 35.1 Å². The first-order valence-corrected chi connectivity index (χ1v) is 11.1. The summed E-state index contributed by atoms with van der Waals surface area (Å²) in [4.78, 5) is 14.9. The number of aryl methyl sites for hydroxylation is 1. The summed E-state index contributed by atoms with van der Waals surface area (Å²) in [5, 5.41) is 12.2. The first kappa shape index (κ1) is 20.6. The molecule has 32 heavy (non-hydrogen) atoms. The zero-order valence-electron chi connectivity index (χ0n) is 18.5. The van der Waals surface area contributed by atoms with Gasteiger partial charge in [-0.1, -0.05) is 0 Å². The number of fused-ring (bicyclic) bond motifs is 2. The number of nitrogens with zero attached hydrogens (tertiary/aromatic N) is 3. The lowest BCUT2D eigenvalue weighted by Crippen LogP contribution is -2.21. The third kappa shape index (κ3) is 4.08. The van der Waals surface area contributed by atoms with Crippen molar-refractivity contribution in [3.8, 4) is 28.8 Å². The van der Waals surface area contributed by atoms with E-state index in [1.807, 2.05) is 31.2 Å². The molecule has 3 heterocycles. The van der Waals surface area contributed by atoms with Gasteiger partial charge in [-0.25, -0.2) is 4.98 Å². The Balaban J connectivity index is 1.43. The van der Waals surface area contributed by atoms with Crippen LogP contribution in [0, 0.1) is 6.92 Å². The fourth-order valence-corrected chi connectivity index (χ4v) is 4.42. The minimum absolute atomic E-state index is 0.0748. The van der Waals surface area contributed by atoms with Gasteiger partial charge in [0.05, 0.1) is 24.6 Å². The maximum atomic E-state index is 10.6. The SMILES string of the molecule is COc1cc2c(O)nc(-c3ccc4[nH]c(C)cc4c3)nc2cc1OCCCN1CCCC1. The Morgan fingerprint density at radius 1 is 1.06 bits per heavy atom. The van der Waals surface area contributed by atoms with Crippen molar-refractivity contribution >= 4 is 21.8 Å². The minimum Gasteiger partial charge on any atom is -0.493 e. The van der Waals surface area contributed by atoms with E-state index in [2.05, 4.69) is 20.9 Å². The monoisotopic (exact) mass is 432 g/mol. The first-order valence-electron chi connectivity index (χ1n) is 11.1. The van der Waals surface area contributed by atoms with Crippen LogP contribution in [0.3, 0.4) is 0 Å². The van der Waals surface area contributed by atoms with Crippen LogP contribution < -0.4 is 9.47 Å². The molecule has 2 aromatic carbocycles. The van der Waals surface area contributed by atoms with Crippen LogP contribution in [0.25, 0.3) is 33.2 Å². The number of benzene rings is 2. The number of hydrogen-bond donors (Lipinski definition) is 2. The molecule has 4 aromatic rings. The highest BCUT2D eigenvalue weighted by Gasteiger charge is 2.15. The van der Waals surface area contributed by atoms with Gasteiger partial charge in [-0.15, -0.1) is 0 Å². The highest BCUT2D eigenvalue weighted by Crippen LogP contribution is 2.36. The lowest BCUT2D eigenvalue weighted by molar-refractivity contribution is 0.254. The molecule has 0 unspecified atom stereocenters. The van der Waals surface area contributed by atoms with E-state index >= 15 is 0 Å². The Labute approximate surface area is 187 Å². The molecule has 0 spiro atoms. The Hall–Kier alpha value is -3.32. The number of methoxy groups -OCH3 is 1. The highest BCUT2D eigenvalue weighted by molar-refractivity contribution is 5.89. The summed E-state index contributed by atoms with van der Waals surface area (Å²) in [6, 6.07) is 11.6. The van der Waals surface area contributed by atoms with E-state index in [0.29, 0.717) is 34.8 Å². The zero-order chi connectivity index (χ0) is 22.1. The molecule has 0 aliphatic carbocycles. The Bertz CT molecular complexity index is 1260. The average Bonchev–Trinajstić information content (AvgIpc) is 3.44. The Morgan fingerprint density at radius 3 is 2.72 bits per heavy atom. The lowest BCUT2D eigenvalue weighted by atomic mass is 10.1. The fourth-order valence-electron chi connectivity index (χ4n) is 4.42. The van der Waals surface area contributed by atoms with E-state index in [-0.39, 0.29) is 5.88 Å². The molecular weight excluding hydrogens is 404 g/mol. The van der Waals surface area contributed by atoms with E-state index in [1.54, 1.807) is 13.2 Å². The number of aromatic nitrogens is 3. The van der Waals surface area contributed by atoms with Crippen molar-refractivity contribution in [1.29, 1.82) is 0 Å². The van der Waals surface area contributed by atoms with Gasteiger partial charge in [-0.05, 0) is 69.6 Å². The molecule has 2 aromatic heterocycles. The summed E-state index contributed by atoms with van der Waals surface area (Å²) in [6.07, 6.45) is 3.54. The second-order valence-electron chi connectivity index (χ2n) is 8.40. The second-order valence-corrected chi connectivity index (χ2v) is 8.40. The molecule has 0 atom stereocenters. The van der Waals surface area contributed by atoms with E-state index in [9.17, 15) is 5.11 Å². The summed E-state index contributed by atoms with van der Waals surface area (Å²) in [5.74, 6) is 1.59. The maximum Gasteiger partial charge on any atom is 0.222 e. The molecule has 0 amide bonds. The van der Waals surface area contributed by atoms with Crippen LogP contribution in [0.2, 0.25) is 0 Å². The van der Waals surface area contributed by atoms with Crippen LogP contribution in [0.4, 0.5) is 0 Å². The Morgan fingerprint density at radius 2 is 1.91 bits per heavy atom. The predicted molar refractivity (Wildman–Crippen MR) is 126 cm³/mol. The number of rotatable bonds is 7. The minimum atomic E-state index is -0.0748. The molecule has 166 valence electrons. The van der Waals surface area contributed by atoms with Crippen LogP contribution >= 0.6 is 0 Å². The second kappa shape index (κ2) is 8.67. The summed E-state index contributed by atoms with van der Waals surface area (Å²) < 4.78 is 11.5. The Kier molecular flexibility index (Phi) is 5.57. The van der Waals surface area contributed by atoms with E-state index in [4.69, 9.17) is 14.5 Å². The van der Waals surface area contributed by atoms with Crippen molar-refractivity contribution in [3.05, 3.63) is 42.1 Å². The molecule has 5 rings (SSSR count). The molecule has 1 fully saturated rings. The van der Waals surface area contributed by atoms with Crippen molar-refractivity contribution in [2.24, 2.45) is 0 Å². The highest BCUT2D eigenvalue weighted by atomic mass is 16.5. The number of likely N-dealkylation sites (tertiary alicyclic amines) is 1. The smallest absolute Gasteiger partial charge is 0.222 e. The number of hydrogen-bond acceptors (Lipinski definition) is 6. The summed E-state index contributed by atoms with van der Waals surface area (Å²) in [5.41, 5.74) is 3.62. The molecule has 7 heteroatoms. The van der Waals surface area contributed by atoms with Crippen molar-refractivity contribution in [1.82, 2.24) is 19.9 Å². The molecule has 0 saturated carbocycles. The van der Waals surface area contributed by atoms with E-state index in [1.165, 1.54) is 25.9 Å². The van der Waals surface area contributed by atoms with Crippen molar-refractivity contribution in [2.75, 3.05) is 33.4 Å². The quantitative estimate of drug-likeness (QED) is 0.413. The molecule has 1 aliphatic heterocycles. The summed E-state index contributed by atoms with van der Waals surface area (Å²) >= 11 is 0. The maximum absolute atomic E-state index is 10.6. The van der Waals surface area contributed by atoms with Crippen molar-refractivity contribution in [3.63, 3.8) is 0 Å². The van der Waals surface area contributed by atoms with Gasteiger partial charge < -0.3 is 24.5 Å². The van der Waals surface area contributed by atoms with Gasteiger partial charge in [0.25, 0.3) is 0 Å². The molecule has 1 saturated heterocycles. The molecule has 0 radical (unpaired) electrons. The molecule has 2 N–H and O–H groups in total. The van der Waals surface area contributed by atoms with Crippen molar-refractivity contribution < 1.29 is 14.6 Å². The molecule has 7 nitrogen and oxygen atoms in total. The predicted octanol–water partition coefficient (Wildman–Crippen LogP) is 4.67. The first-order chi connectivity index (χ1) is 15.6. The molecule has 0 bridgehead atoms. The number of ether oxygens (including phenoxy) is 2. The van der Waals surface area contributed by atoms with Crippen LogP contribution in [0.5, 0.6) is 17.4 Å². The third-order valence-corrected chi connectivity index (χ3v) is 6.05. The third-order valence-electron chi connectivity index (χ3n) is 6.05. The van der Waals surface area contributed by atoms with E-state index < -0.39 is 0 Å². The van der Waals surface area contributed by atoms with Gasteiger partial charge in [-0.3, -0.25) is 0 Å². The normalized spacial score (nSPS) is 14.4. The zero-order valence-corrected chi connectivity index (χ0v) is 18.5. The van der Waals surface area contributed by atoms with Crippen LogP contribution in [-0.2, 0) is 0 Å². The van der Waals surface area contributed by atoms with Crippen LogP contribution in [0.1, 0.15) is 25.0 Å². The molecule has 1 aliphatic rings. The van der Waals surface area contributed by atoms with Crippen LogP contribution in [0.15, 0.2) is 36.4 Å². The van der Waals surface area contributed by atoms with Gasteiger partial charge in [0.15, 0.2) is 17.3 Å². The number of aromatic amines is 1. The summed E-state index contributed by atoms with van der Waals surface area (Å²) in [6.45, 7) is 6.05. The largest absolute Gasteiger partial charge is 0.493 e. The summed E-state index contributed by atoms with van der Waals surface area (Å²) in [7, 11) is 1.60. The lowest BCUT2D eigenvalue weighted by Gasteiger charge is -2.16. The fraction of sp³-hybridized carbons (Fsp3) is 0.360. The van der Waals surface area contributed by atoms with Gasteiger partial charge in [0, 0.05) is 34.8 Å². The average molecular weight is 433 g/mol. The standard InChI is InChI=1S/C25H28N4O3/c1-16-12-18-13-17(6-7-20(18)26-16)24-27-21-15-23(22(31-2)14-19(21)25(30)28-24)32-11-5-10-29-8-3-4-9-29/h6-7,12-15,26H,3-5,8-11H2,1-2H3,(H,27,28,30). The number of aromatic hydroxyl groups is 1. The van der Waals surface area contributed by atoms with Crippen LogP contribution in [-0.4, -0.2) is 58.3 Å². The molecular formula is C25H28N4O3. The van der Waals surface area contributed by atoms with Gasteiger partial charge in [-0.2, -0.15) is 4.98 Å². The van der Waals surface area contributed by atoms with Crippen molar-refractivity contribution in [2.45, 2.75) is 26.2 Å².